The van der Waals surface area contributed by atoms with Gasteiger partial charge in [0.1, 0.15) is 37.9 Å². The SMILES string of the molecule is OC[n+]1ccn(CCOCCn2cc[n+](CO)c2)c1. The normalized spacial score (nSPS) is 11.1. The highest BCUT2D eigenvalue weighted by Gasteiger charge is 2.03. The lowest BCUT2D eigenvalue weighted by molar-refractivity contribution is -0.729. The van der Waals surface area contributed by atoms with Gasteiger partial charge in [-0.25, -0.2) is 18.3 Å². The van der Waals surface area contributed by atoms with Crippen LogP contribution in [0.1, 0.15) is 0 Å². The molecule has 0 aliphatic heterocycles. The number of aliphatic hydroxyl groups is 2. The third-order valence-electron chi connectivity index (χ3n) is 2.81. The lowest BCUT2D eigenvalue weighted by atomic mass is 10.6. The van der Waals surface area contributed by atoms with Crippen LogP contribution in [0.25, 0.3) is 0 Å². The Balaban J connectivity index is 1.61. The minimum absolute atomic E-state index is 0.00760. The van der Waals surface area contributed by atoms with Crippen LogP contribution in [0, 0.1) is 0 Å². The Morgan fingerprint density at radius 3 is 1.68 bits per heavy atom. The second-order valence-electron chi connectivity index (χ2n) is 4.23. The first kappa shape index (κ1) is 13.7. The Kier molecular flexibility index (Phi) is 5.08. The number of aliphatic hydroxyl groups excluding tert-OH is 2. The van der Waals surface area contributed by atoms with Crippen LogP contribution >= 0.6 is 0 Å². The molecule has 19 heavy (non-hydrogen) atoms. The summed E-state index contributed by atoms with van der Waals surface area (Å²) in [6.45, 7) is 2.76. The van der Waals surface area contributed by atoms with Crippen molar-refractivity contribution in [2.45, 2.75) is 26.6 Å². The molecule has 0 atom stereocenters. The second-order valence-corrected chi connectivity index (χ2v) is 4.23. The average molecular weight is 268 g/mol. The Morgan fingerprint density at radius 1 is 0.842 bits per heavy atom. The molecule has 7 nitrogen and oxygen atoms in total. The Bertz CT molecular complexity index is 450. The fourth-order valence-corrected chi connectivity index (χ4v) is 1.75. The van der Waals surface area contributed by atoms with Crippen LogP contribution in [-0.4, -0.2) is 32.6 Å². The molecule has 2 rings (SSSR count). The maximum Gasteiger partial charge on any atom is 0.245 e. The lowest BCUT2D eigenvalue weighted by Crippen LogP contribution is -2.30. The molecule has 0 saturated carbocycles. The molecule has 2 aromatic rings. The smallest absolute Gasteiger partial charge is 0.245 e. The van der Waals surface area contributed by atoms with E-state index in [1.807, 2.05) is 46.6 Å². The molecule has 7 heteroatoms. The van der Waals surface area contributed by atoms with Gasteiger partial charge in [0.25, 0.3) is 0 Å². The monoisotopic (exact) mass is 268 g/mol. The van der Waals surface area contributed by atoms with E-state index in [0.29, 0.717) is 13.2 Å². The van der Waals surface area contributed by atoms with Gasteiger partial charge in [0.05, 0.1) is 13.2 Å². The van der Waals surface area contributed by atoms with Gasteiger partial charge in [-0.3, -0.25) is 0 Å². The minimum atomic E-state index is -0.00760. The van der Waals surface area contributed by atoms with E-state index < -0.39 is 0 Å². The molecule has 2 heterocycles. The summed E-state index contributed by atoms with van der Waals surface area (Å²) in [5, 5.41) is 17.8. The summed E-state index contributed by atoms with van der Waals surface area (Å²) >= 11 is 0. The van der Waals surface area contributed by atoms with Crippen LogP contribution in [-0.2, 0) is 31.3 Å². The van der Waals surface area contributed by atoms with Crippen LogP contribution in [0.5, 0.6) is 0 Å². The van der Waals surface area contributed by atoms with E-state index in [4.69, 9.17) is 14.9 Å². The number of rotatable bonds is 8. The molecule has 0 bridgehead atoms. The van der Waals surface area contributed by atoms with E-state index in [1.165, 1.54) is 0 Å². The van der Waals surface area contributed by atoms with Crippen molar-refractivity contribution in [1.82, 2.24) is 9.13 Å². The van der Waals surface area contributed by atoms with Crippen LogP contribution in [0.3, 0.4) is 0 Å². The molecular weight excluding hydrogens is 248 g/mol. The molecule has 104 valence electrons. The van der Waals surface area contributed by atoms with Crippen LogP contribution in [0.4, 0.5) is 0 Å². The summed E-state index contributed by atoms with van der Waals surface area (Å²) < 4.78 is 12.8. The fraction of sp³-hybridized carbons (Fsp3) is 0.500. The molecule has 0 aliphatic rings. The molecule has 2 aromatic heterocycles. The molecule has 0 aromatic carbocycles. The standard InChI is InChI=1S/C12H20N4O3/c17-11-15-3-1-13(9-15)5-7-19-8-6-14-2-4-16(10-14)12-18/h1-4,9-10,17-18H,5-8,11-12H2/q+2. The molecule has 0 saturated heterocycles. The topological polar surface area (TPSA) is 67.3 Å². The molecule has 0 fully saturated rings. The Hall–Kier alpha value is -1.70. The van der Waals surface area contributed by atoms with Gasteiger partial charge in [0.15, 0.2) is 13.5 Å². The maximum absolute atomic E-state index is 8.90. The highest BCUT2D eigenvalue weighted by Crippen LogP contribution is 1.89. The minimum Gasteiger partial charge on any atom is -0.373 e. The third-order valence-corrected chi connectivity index (χ3v) is 2.81. The van der Waals surface area contributed by atoms with Gasteiger partial charge < -0.3 is 14.9 Å². The van der Waals surface area contributed by atoms with Crippen molar-refractivity contribution in [1.29, 1.82) is 0 Å². The summed E-state index contributed by atoms with van der Waals surface area (Å²) in [6, 6.07) is 0. The third kappa shape index (κ3) is 4.16. The van der Waals surface area contributed by atoms with Gasteiger partial charge >= 0.3 is 0 Å². The van der Waals surface area contributed by atoms with Gasteiger partial charge in [-0.1, -0.05) is 0 Å². The van der Waals surface area contributed by atoms with Crippen LogP contribution < -0.4 is 9.13 Å². The predicted molar refractivity (Wildman–Crippen MR) is 64.5 cm³/mol. The number of aromatic nitrogens is 4. The van der Waals surface area contributed by atoms with Gasteiger partial charge in [-0.2, -0.15) is 0 Å². The molecule has 2 N–H and O–H groups in total. The van der Waals surface area contributed by atoms with Gasteiger partial charge in [0, 0.05) is 0 Å². The van der Waals surface area contributed by atoms with Crippen molar-refractivity contribution in [2.75, 3.05) is 13.2 Å². The first-order chi connectivity index (χ1) is 9.31. The number of imidazole rings is 2. The molecule has 0 aliphatic carbocycles. The van der Waals surface area contributed by atoms with E-state index in [2.05, 4.69) is 0 Å². The summed E-state index contributed by atoms with van der Waals surface area (Å²) in [7, 11) is 0. The fourth-order valence-electron chi connectivity index (χ4n) is 1.75. The zero-order valence-corrected chi connectivity index (χ0v) is 10.8. The summed E-state index contributed by atoms with van der Waals surface area (Å²) in [5.41, 5.74) is 0. The number of hydrogen-bond donors (Lipinski definition) is 2. The largest absolute Gasteiger partial charge is 0.373 e. The summed E-state index contributed by atoms with van der Waals surface area (Å²) in [5.74, 6) is 0. The average Bonchev–Trinajstić information content (AvgIpc) is 3.06. The lowest BCUT2D eigenvalue weighted by Gasteiger charge is -2.00. The second kappa shape index (κ2) is 7.03. The van der Waals surface area contributed by atoms with E-state index in [-0.39, 0.29) is 13.5 Å². The van der Waals surface area contributed by atoms with Crippen molar-refractivity contribution >= 4 is 0 Å². The Morgan fingerprint density at radius 2 is 1.32 bits per heavy atom. The van der Waals surface area contributed by atoms with Crippen molar-refractivity contribution in [2.24, 2.45) is 0 Å². The summed E-state index contributed by atoms with van der Waals surface area (Å²) in [6.07, 6.45) is 11.1. The van der Waals surface area contributed by atoms with Crippen molar-refractivity contribution < 1.29 is 24.1 Å². The quantitative estimate of drug-likeness (QED) is 0.451. The van der Waals surface area contributed by atoms with Crippen LogP contribution in [0.2, 0.25) is 0 Å². The van der Waals surface area contributed by atoms with Crippen molar-refractivity contribution in [3.8, 4) is 0 Å². The zero-order valence-electron chi connectivity index (χ0n) is 10.8. The molecule has 0 amide bonds. The molecule has 0 spiro atoms. The maximum atomic E-state index is 8.90. The first-order valence-corrected chi connectivity index (χ1v) is 6.21. The molecular formula is C12H20N4O3+2. The first-order valence-electron chi connectivity index (χ1n) is 6.21. The van der Waals surface area contributed by atoms with E-state index in [9.17, 15) is 0 Å². The molecule has 0 unspecified atom stereocenters. The number of hydrogen-bond acceptors (Lipinski definition) is 3. The van der Waals surface area contributed by atoms with Gasteiger partial charge in [-0.15, -0.1) is 0 Å². The highest BCUT2D eigenvalue weighted by atomic mass is 16.5. The summed E-state index contributed by atoms with van der Waals surface area (Å²) in [4.78, 5) is 0. The van der Waals surface area contributed by atoms with Crippen molar-refractivity contribution in [3.05, 3.63) is 37.4 Å². The zero-order chi connectivity index (χ0) is 13.5. The van der Waals surface area contributed by atoms with E-state index in [1.54, 1.807) is 9.13 Å². The predicted octanol–water partition coefficient (Wildman–Crippen LogP) is -1.52. The number of nitrogens with zero attached hydrogens (tertiary/aromatic N) is 4. The van der Waals surface area contributed by atoms with Gasteiger partial charge in [0.2, 0.25) is 12.7 Å². The van der Waals surface area contributed by atoms with Gasteiger partial charge in [-0.05, 0) is 0 Å². The van der Waals surface area contributed by atoms with Crippen molar-refractivity contribution in [3.63, 3.8) is 0 Å². The Labute approximate surface area is 111 Å². The van der Waals surface area contributed by atoms with E-state index in [0.717, 1.165) is 13.1 Å². The molecule has 0 radical (unpaired) electrons. The number of ether oxygens (including phenoxy) is 1. The van der Waals surface area contributed by atoms with Crippen LogP contribution in [0.15, 0.2) is 37.4 Å². The highest BCUT2D eigenvalue weighted by molar-refractivity contribution is 4.66. The van der Waals surface area contributed by atoms with E-state index >= 15 is 0 Å².